The molecular weight excluding hydrogens is 335 g/mol. The first-order chi connectivity index (χ1) is 12.4. The molecule has 1 aliphatic heterocycles. The minimum atomic E-state index is -1.03. The Morgan fingerprint density at radius 3 is 2.62 bits per heavy atom. The lowest BCUT2D eigenvalue weighted by molar-refractivity contribution is -0.121. The summed E-state index contributed by atoms with van der Waals surface area (Å²) in [6.45, 7) is 1.67. The number of aliphatic hydroxyl groups excluding tert-OH is 1. The monoisotopic (exact) mass is 354 g/mol. The van der Waals surface area contributed by atoms with E-state index in [9.17, 15) is 19.1 Å². The Bertz CT molecular complexity index is 880. The molecule has 0 saturated heterocycles. The Kier molecular flexibility index (Phi) is 4.75. The van der Waals surface area contributed by atoms with E-state index in [1.54, 1.807) is 6.92 Å². The highest BCUT2D eigenvalue weighted by Gasteiger charge is 2.44. The predicted molar refractivity (Wildman–Crippen MR) is 96.0 cm³/mol. The zero-order chi connectivity index (χ0) is 18.7. The fraction of sp³-hybridized carbons (Fsp3) is 0.200. The van der Waals surface area contributed by atoms with Gasteiger partial charge < -0.3 is 15.7 Å². The minimum Gasteiger partial charge on any atom is -0.509 e. The molecule has 26 heavy (non-hydrogen) atoms. The molecule has 1 atom stereocenters. The van der Waals surface area contributed by atoms with Crippen molar-refractivity contribution in [1.82, 2.24) is 5.32 Å². The van der Waals surface area contributed by atoms with Crippen LogP contribution in [-0.2, 0) is 16.0 Å². The number of anilines is 1. The van der Waals surface area contributed by atoms with Crippen molar-refractivity contribution in [2.24, 2.45) is 0 Å². The number of halogens is 1. The Labute approximate surface area is 150 Å². The third-order valence-electron chi connectivity index (χ3n) is 4.44. The average molecular weight is 354 g/mol. The van der Waals surface area contributed by atoms with Gasteiger partial charge in [0.1, 0.15) is 17.1 Å². The number of benzene rings is 2. The van der Waals surface area contributed by atoms with E-state index in [4.69, 9.17) is 0 Å². The van der Waals surface area contributed by atoms with Crippen molar-refractivity contribution in [3.63, 3.8) is 0 Å². The first kappa shape index (κ1) is 17.7. The van der Waals surface area contributed by atoms with E-state index in [1.165, 1.54) is 18.2 Å². The van der Waals surface area contributed by atoms with Gasteiger partial charge in [-0.15, -0.1) is 0 Å². The summed E-state index contributed by atoms with van der Waals surface area (Å²) < 4.78 is 13.2. The number of rotatable bonds is 5. The molecule has 0 spiro atoms. The molecule has 1 heterocycles. The first-order valence-corrected chi connectivity index (χ1v) is 8.26. The molecule has 1 aliphatic rings. The molecule has 2 aromatic carbocycles. The van der Waals surface area contributed by atoms with E-state index in [0.717, 1.165) is 11.6 Å². The van der Waals surface area contributed by atoms with E-state index < -0.39 is 23.2 Å². The van der Waals surface area contributed by atoms with Gasteiger partial charge in [-0.05, 0) is 43.5 Å². The predicted octanol–water partition coefficient (Wildman–Crippen LogP) is 3.10. The third-order valence-corrected chi connectivity index (χ3v) is 4.44. The quantitative estimate of drug-likeness (QED) is 0.722. The SMILES string of the molecule is CC1(CCc2ccccc2)NC(=O)C(C(=O)Nc2cccc(F)c2)=C1O. The number of hydrogen-bond donors (Lipinski definition) is 3. The normalized spacial score (nSPS) is 19.4. The summed E-state index contributed by atoms with van der Waals surface area (Å²) in [6.07, 6.45) is 1.06. The smallest absolute Gasteiger partial charge is 0.264 e. The highest BCUT2D eigenvalue weighted by Crippen LogP contribution is 2.30. The van der Waals surface area contributed by atoms with Crippen LogP contribution in [0.25, 0.3) is 0 Å². The van der Waals surface area contributed by atoms with Crippen LogP contribution in [0, 0.1) is 5.82 Å². The van der Waals surface area contributed by atoms with E-state index >= 15 is 0 Å². The van der Waals surface area contributed by atoms with E-state index in [2.05, 4.69) is 10.6 Å². The lowest BCUT2D eigenvalue weighted by Crippen LogP contribution is -2.42. The van der Waals surface area contributed by atoms with Gasteiger partial charge in [-0.2, -0.15) is 0 Å². The fourth-order valence-electron chi connectivity index (χ4n) is 2.95. The van der Waals surface area contributed by atoms with Gasteiger partial charge in [0.15, 0.2) is 0 Å². The fourth-order valence-corrected chi connectivity index (χ4v) is 2.95. The van der Waals surface area contributed by atoms with Crippen LogP contribution in [-0.4, -0.2) is 22.5 Å². The summed E-state index contributed by atoms with van der Waals surface area (Å²) in [4.78, 5) is 24.6. The minimum absolute atomic E-state index is 0.209. The van der Waals surface area contributed by atoms with Crippen molar-refractivity contribution < 1.29 is 19.1 Å². The summed E-state index contributed by atoms with van der Waals surface area (Å²) in [5, 5.41) is 15.6. The van der Waals surface area contributed by atoms with Gasteiger partial charge in [-0.25, -0.2) is 4.39 Å². The van der Waals surface area contributed by atoms with Crippen molar-refractivity contribution >= 4 is 17.5 Å². The average Bonchev–Trinajstić information content (AvgIpc) is 2.83. The van der Waals surface area contributed by atoms with Crippen molar-refractivity contribution in [3.05, 3.63) is 77.3 Å². The topological polar surface area (TPSA) is 78.4 Å². The Morgan fingerprint density at radius 2 is 1.92 bits per heavy atom. The van der Waals surface area contributed by atoms with Crippen LogP contribution in [0.1, 0.15) is 18.9 Å². The Hall–Kier alpha value is -3.15. The lowest BCUT2D eigenvalue weighted by Gasteiger charge is -2.24. The van der Waals surface area contributed by atoms with Gasteiger partial charge in [-0.3, -0.25) is 9.59 Å². The highest BCUT2D eigenvalue weighted by molar-refractivity contribution is 6.24. The second-order valence-electron chi connectivity index (χ2n) is 6.46. The van der Waals surface area contributed by atoms with Gasteiger partial charge in [0.25, 0.3) is 11.8 Å². The van der Waals surface area contributed by atoms with Gasteiger partial charge in [0.05, 0.1) is 5.54 Å². The molecule has 6 heteroatoms. The molecule has 5 nitrogen and oxygen atoms in total. The number of hydrogen-bond acceptors (Lipinski definition) is 3. The Balaban J connectivity index is 1.77. The maximum atomic E-state index is 13.2. The molecule has 2 aromatic rings. The number of amides is 2. The molecule has 0 aromatic heterocycles. The summed E-state index contributed by atoms with van der Waals surface area (Å²) in [5.74, 6) is -2.22. The number of nitrogens with one attached hydrogen (secondary N) is 2. The van der Waals surface area contributed by atoms with E-state index in [0.29, 0.717) is 12.8 Å². The largest absolute Gasteiger partial charge is 0.509 e. The molecule has 0 saturated carbocycles. The zero-order valence-corrected chi connectivity index (χ0v) is 14.3. The van der Waals surface area contributed by atoms with Crippen LogP contribution < -0.4 is 10.6 Å². The molecule has 134 valence electrons. The van der Waals surface area contributed by atoms with Crippen molar-refractivity contribution in [2.75, 3.05) is 5.32 Å². The second-order valence-corrected chi connectivity index (χ2v) is 6.46. The summed E-state index contributed by atoms with van der Waals surface area (Å²) in [6, 6.07) is 15.0. The number of aliphatic hydroxyl groups is 1. The lowest BCUT2D eigenvalue weighted by atomic mass is 9.92. The maximum absolute atomic E-state index is 13.2. The van der Waals surface area contributed by atoms with Gasteiger partial charge in [0.2, 0.25) is 0 Å². The van der Waals surface area contributed by atoms with Crippen molar-refractivity contribution in [1.29, 1.82) is 0 Å². The van der Waals surface area contributed by atoms with Crippen LogP contribution >= 0.6 is 0 Å². The van der Waals surface area contributed by atoms with Gasteiger partial charge >= 0.3 is 0 Å². The van der Waals surface area contributed by atoms with Crippen LogP contribution in [0.4, 0.5) is 10.1 Å². The molecule has 2 amide bonds. The molecule has 3 rings (SSSR count). The van der Waals surface area contributed by atoms with Gasteiger partial charge in [0, 0.05) is 5.69 Å². The van der Waals surface area contributed by atoms with Crippen molar-refractivity contribution in [3.8, 4) is 0 Å². The molecule has 0 radical (unpaired) electrons. The van der Waals surface area contributed by atoms with E-state index in [1.807, 2.05) is 30.3 Å². The maximum Gasteiger partial charge on any atom is 0.264 e. The zero-order valence-electron chi connectivity index (χ0n) is 14.3. The highest BCUT2D eigenvalue weighted by atomic mass is 19.1. The van der Waals surface area contributed by atoms with E-state index in [-0.39, 0.29) is 17.0 Å². The van der Waals surface area contributed by atoms with Crippen LogP contribution in [0.15, 0.2) is 65.9 Å². The van der Waals surface area contributed by atoms with Crippen LogP contribution in [0.5, 0.6) is 0 Å². The molecule has 0 fully saturated rings. The molecule has 3 N–H and O–H groups in total. The summed E-state index contributed by atoms with van der Waals surface area (Å²) in [7, 11) is 0. The second kappa shape index (κ2) is 7.00. The molecular formula is C20H19FN2O3. The van der Waals surface area contributed by atoms with Crippen LogP contribution in [0.3, 0.4) is 0 Å². The molecule has 1 unspecified atom stereocenters. The summed E-state index contributed by atoms with van der Waals surface area (Å²) in [5.41, 5.74) is -0.0964. The summed E-state index contributed by atoms with van der Waals surface area (Å²) >= 11 is 0. The molecule has 0 bridgehead atoms. The van der Waals surface area contributed by atoms with Gasteiger partial charge in [-0.1, -0.05) is 36.4 Å². The molecule has 0 aliphatic carbocycles. The standard InChI is InChI=1S/C20H19FN2O3/c1-20(11-10-13-6-3-2-4-7-13)17(24)16(19(26)23-20)18(25)22-15-9-5-8-14(21)12-15/h2-9,12,24H,10-11H2,1H3,(H,22,25)(H,23,26). The third kappa shape index (κ3) is 3.59. The number of carbonyl (C=O) groups excluding carboxylic acids is 2. The van der Waals surface area contributed by atoms with Crippen molar-refractivity contribution in [2.45, 2.75) is 25.3 Å². The number of aryl methyl sites for hydroxylation is 1. The Morgan fingerprint density at radius 1 is 1.19 bits per heavy atom. The van der Waals surface area contributed by atoms with Crippen LogP contribution in [0.2, 0.25) is 0 Å². The number of carbonyl (C=O) groups is 2. The first-order valence-electron chi connectivity index (χ1n) is 8.26.